The third kappa shape index (κ3) is 3.14. The molecule has 6 heteroatoms. The van der Waals surface area contributed by atoms with Crippen LogP contribution in [-0.4, -0.2) is 14.9 Å². The van der Waals surface area contributed by atoms with Gasteiger partial charge in [-0.1, -0.05) is 30.3 Å². The van der Waals surface area contributed by atoms with Crippen LogP contribution in [0.2, 0.25) is 0 Å². The second kappa shape index (κ2) is 5.63. The number of hydrogen-bond donors (Lipinski definition) is 1. The van der Waals surface area contributed by atoms with E-state index < -0.39 is 17.3 Å². The third-order valence-corrected chi connectivity index (χ3v) is 3.99. The lowest BCUT2D eigenvalue weighted by molar-refractivity contribution is -0.138. The van der Waals surface area contributed by atoms with Crippen molar-refractivity contribution in [3.63, 3.8) is 0 Å². The molecule has 0 saturated carbocycles. The minimum atomic E-state index is -4.50. The molecule has 1 aromatic heterocycles. The van der Waals surface area contributed by atoms with Gasteiger partial charge in [-0.05, 0) is 37.1 Å². The van der Waals surface area contributed by atoms with E-state index in [9.17, 15) is 18.3 Å². The Kier molecular flexibility index (Phi) is 3.87. The van der Waals surface area contributed by atoms with Crippen LogP contribution < -0.4 is 0 Å². The summed E-state index contributed by atoms with van der Waals surface area (Å²) in [7, 11) is 0. The number of aromatic nitrogens is 2. The standard InChI is InChI=1S/C18H17F3N2O/c1-17(2,24)14-8-7-13(15(9-14)18(19,20)21)11-23-16-6-4-3-5-12(16)10-22-23/h3-10,24H,11H2,1-2H3. The molecule has 0 aliphatic rings. The number of alkyl halides is 3. The highest BCUT2D eigenvalue weighted by Gasteiger charge is 2.35. The van der Waals surface area contributed by atoms with Gasteiger partial charge in [-0.2, -0.15) is 18.3 Å². The van der Waals surface area contributed by atoms with Gasteiger partial charge in [0.05, 0.1) is 29.4 Å². The number of rotatable bonds is 3. The molecular weight excluding hydrogens is 317 g/mol. The van der Waals surface area contributed by atoms with E-state index in [-0.39, 0.29) is 17.7 Å². The van der Waals surface area contributed by atoms with E-state index in [1.54, 1.807) is 10.9 Å². The molecule has 0 saturated heterocycles. The Balaban J connectivity index is 2.07. The van der Waals surface area contributed by atoms with Crippen LogP contribution in [0.15, 0.2) is 48.7 Å². The number of nitrogens with zero attached hydrogens (tertiary/aromatic N) is 2. The second-order valence-electron chi connectivity index (χ2n) is 6.29. The Hall–Kier alpha value is -2.34. The number of benzene rings is 2. The fourth-order valence-electron chi connectivity index (χ4n) is 2.67. The SMILES string of the molecule is CC(C)(O)c1ccc(Cn2ncc3ccccc32)c(C(F)(F)F)c1. The maximum atomic E-state index is 13.4. The summed E-state index contributed by atoms with van der Waals surface area (Å²) < 4.78 is 41.9. The van der Waals surface area contributed by atoms with Crippen LogP contribution in [0, 0.1) is 0 Å². The fourth-order valence-corrected chi connectivity index (χ4v) is 2.67. The molecule has 3 rings (SSSR count). The van der Waals surface area contributed by atoms with Gasteiger partial charge in [0, 0.05) is 5.39 Å². The van der Waals surface area contributed by atoms with Crippen LogP contribution >= 0.6 is 0 Å². The summed E-state index contributed by atoms with van der Waals surface area (Å²) in [5.74, 6) is 0. The Morgan fingerprint density at radius 2 is 1.79 bits per heavy atom. The van der Waals surface area contributed by atoms with Gasteiger partial charge in [0.25, 0.3) is 0 Å². The average Bonchev–Trinajstić information content (AvgIpc) is 2.89. The van der Waals surface area contributed by atoms with E-state index in [0.717, 1.165) is 17.0 Å². The monoisotopic (exact) mass is 334 g/mol. The van der Waals surface area contributed by atoms with E-state index >= 15 is 0 Å². The molecule has 0 fully saturated rings. The summed E-state index contributed by atoms with van der Waals surface area (Å²) in [6, 6.07) is 11.3. The Bertz CT molecular complexity index is 876. The first-order chi connectivity index (χ1) is 11.2. The molecule has 0 atom stereocenters. The molecule has 1 N–H and O–H groups in total. The van der Waals surface area contributed by atoms with Crippen LogP contribution in [0.3, 0.4) is 0 Å². The second-order valence-corrected chi connectivity index (χ2v) is 6.29. The largest absolute Gasteiger partial charge is 0.416 e. The van der Waals surface area contributed by atoms with Crippen molar-refractivity contribution in [2.75, 3.05) is 0 Å². The van der Waals surface area contributed by atoms with Gasteiger partial charge in [-0.25, -0.2) is 0 Å². The molecule has 24 heavy (non-hydrogen) atoms. The van der Waals surface area contributed by atoms with E-state index in [2.05, 4.69) is 5.10 Å². The summed E-state index contributed by atoms with van der Waals surface area (Å²) >= 11 is 0. The fraction of sp³-hybridized carbons (Fsp3) is 0.278. The molecule has 0 unspecified atom stereocenters. The zero-order valence-electron chi connectivity index (χ0n) is 13.3. The van der Waals surface area contributed by atoms with Crippen molar-refractivity contribution < 1.29 is 18.3 Å². The average molecular weight is 334 g/mol. The first-order valence-electron chi connectivity index (χ1n) is 7.50. The zero-order chi connectivity index (χ0) is 17.5. The first kappa shape index (κ1) is 16.5. The minimum Gasteiger partial charge on any atom is -0.386 e. The molecule has 2 aromatic carbocycles. The Morgan fingerprint density at radius 1 is 1.08 bits per heavy atom. The maximum Gasteiger partial charge on any atom is 0.416 e. The van der Waals surface area contributed by atoms with Crippen molar-refractivity contribution in [1.82, 2.24) is 9.78 Å². The van der Waals surface area contributed by atoms with E-state index in [1.807, 2.05) is 24.3 Å². The van der Waals surface area contributed by atoms with Crippen LogP contribution in [-0.2, 0) is 18.3 Å². The van der Waals surface area contributed by atoms with Gasteiger partial charge < -0.3 is 5.11 Å². The molecule has 3 aromatic rings. The number of halogens is 3. The molecule has 126 valence electrons. The van der Waals surface area contributed by atoms with E-state index in [1.165, 1.54) is 26.0 Å². The molecule has 0 aliphatic carbocycles. The van der Waals surface area contributed by atoms with Gasteiger partial charge in [0.15, 0.2) is 0 Å². The van der Waals surface area contributed by atoms with Crippen molar-refractivity contribution in [2.45, 2.75) is 32.2 Å². The first-order valence-corrected chi connectivity index (χ1v) is 7.50. The lowest BCUT2D eigenvalue weighted by Gasteiger charge is -2.21. The minimum absolute atomic E-state index is 0.00843. The van der Waals surface area contributed by atoms with Crippen molar-refractivity contribution in [2.24, 2.45) is 0 Å². The third-order valence-electron chi connectivity index (χ3n) is 3.99. The summed E-state index contributed by atoms with van der Waals surface area (Å²) in [5.41, 5.74) is -0.969. The van der Waals surface area contributed by atoms with Crippen LogP contribution in [0.4, 0.5) is 13.2 Å². The highest BCUT2D eigenvalue weighted by molar-refractivity contribution is 5.78. The Morgan fingerprint density at radius 3 is 2.46 bits per heavy atom. The molecule has 0 amide bonds. The summed E-state index contributed by atoms with van der Waals surface area (Å²) in [5, 5.41) is 15.0. The number of aliphatic hydroxyl groups is 1. The van der Waals surface area contributed by atoms with Gasteiger partial charge in [0.1, 0.15) is 0 Å². The van der Waals surface area contributed by atoms with Gasteiger partial charge >= 0.3 is 6.18 Å². The molecular formula is C18H17F3N2O. The number of hydrogen-bond acceptors (Lipinski definition) is 2. The van der Waals surface area contributed by atoms with Crippen LogP contribution in [0.25, 0.3) is 10.9 Å². The van der Waals surface area contributed by atoms with Crippen LogP contribution in [0.1, 0.15) is 30.5 Å². The van der Waals surface area contributed by atoms with Crippen molar-refractivity contribution in [1.29, 1.82) is 0 Å². The zero-order valence-corrected chi connectivity index (χ0v) is 13.3. The van der Waals surface area contributed by atoms with Crippen molar-refractivity contribution >= 4 is 10.9 Å². The molecule has 0 spiro atoms. The highest BCUT2D eigenvalue weighted by Crippen LogP contribution is 2.35. The molecule has 1 heterocycles. The predicted octanol–water partition coefficient (Wildman–Crippen LogP) is 4.33. The van der Waals surface area contributed by atoms with Crippen molar-refractivity contribution in [3.05, 3.63) is 65.4 Å². The molecule has 0 bridgehead atoms. The Labute approximate surface area is 137 Å². The lowest BCUT2D eigenvalue weighted by Crippen LogP contribution is -2.19. The van der Waals surface area contributed by atoms with E-state index in [4.69, 9.17) is 0 Å². The van der Waals surface area contributed by atoms with Crippen molar-refractivity contribution in [3.8, 4) is 0 Å². The summed E-state index contributed by atoms with van der Waals surface area (Å²) in [6.07, 6.45) is -2.87. The highest BCUT2D eigenvalue weighted by atomic mass is 19.4. The maximum absolute atomic E-state index is 13.4. The summed E-state index contributed by atoms with van der Waals surface area (Å²) in [6.45, 7) is 2.93. The number of fused-ring (bicyclic) bond motifs is 1. The van der Waals surface area contributed by atoms with E-state index in [0.29, 0.717) is 0 Å². The normalized spacial score (nSPS) is 12.8. The summed E-state index contributed by atoms with van der Waals surface area (Å²) in [4.78, 5) is 0. The lowest BCUT2D eigenvalue weighted by atomic mass is 9.93. The predicted molar refractivity (Wildman–Crippen MR) is 85.5 cm³/mol. The smallest absolute Gasteiger partial charge is 0.386 e. The van der Waals surface area contributed by atoms with Gasteiger partial charge in [0.2, 0.25) is 0 Å². The van der Waals surface area contributed by atoms with Gasteiger partial charge in [-0.3, -0.25) is 4.68 Å². The quantitative estimate of drug-likeness (QED) is 0.774. The molecule has 3 nitrogen and oxygen atoms in total. The topological polar surface area (TPSA) is 38.0 Å². The molecule has 0 radical (unpaired) electrons. The van der Waals surface area contributed by atoms with Crippen LogP contribution in [0.5, 0.6) is 0 Å². The number of para-hydroxylation sites is 1. The molecule has 0 aliphatic heterocycles. The van der Waals surface area contributed by atoms with Gasteiger partial charge in [-0.15, -0.1) is 0 Å².